The minimum Gasteiger partial charge on any atom is -0.480 e. The lowest BCUT2D eigenvalue weighted by Gasteiger charge is -2.26. The second-order valence-corrected chi connectivity index (χ2v) is 5.18. The molecule has 0 radical (unpaired) electrons. The molecule has 0 aromatic heterocycles. The number of nitrogens with zero attached hydrogens (tertiary/aromatic N) is 1. The Morgan fingerprint density at radius 2 is 1.94 bits per heavy atom. The Hall–Kier alpha value is -0.710. The van der Waals surface area contributed by atoms with Crippen LogP contribution in [0.15, 0.2) is 0 Å². The number of thioether (sulfide) groups is 1. The van der Waals surface area contributed by atoms with E-state index in [1.165, 1.54) is 18.2 Å². The van der Waals surface area contributed by atoms with Crippen molar-refractivity contribution in [2.45, 2.75) is 37.9 Å². The van der Waals surface area contributed by atoms with Gasteiger partial charge in [-0.15, -0.1) is 11.8 Å². The number of hydrogen-bond acceptors (Lipinski definition) is 3. The molecule has 1 N–H and O–H groups in total. The van der Waals surface area contributed by atoms with E-state index in [2.05, 4.69) is 0 Å². The number of likely N-dealkylation sites (tertiary alicyclic amines) is 1. The van der Waals surface area contributed by atoms with E-state index < -0.39 is 11.2 Å². The Bertz CT molecular complexity index is 252. The van der Waals surface area contributed by atoms with E-state index in [1.54, 1.807) is 0 Å². The van der Waals surface area contributed by atoms with Crippen molar-refractivity contribution < 1.29 is 14.7 Å². The lowest BCUT2D eigenvalue weighted by Crippen LogP contribution is -2.37. The van der Waals surface area contributed by atoms with Gasteiger partial charge in [0.1, 0.15) is 5.25 Å². The molecule has 92 valence electrons. The van der Waals surface area contributed by atoms with Crippen molar-refractivity contribution in [1.29, 1.82) is 0 Å². The van der Waals surface area contributed by atoms with Crippen LogP contribution in [-0.4, -0.2) is 46.0 Å². The maximum Gasteiger partial charge on any atom is 0.316 e. The number of piperidine rings is 1. The van der Waals surface area contributed by atoms with Crippen molar-refractivity contribution in [3.05, 3.63) is 0 Å². The zero-order valence-electron chi connectivity index (χ0n) is 9.65. The smallest absolute Gasteiger partial charge is 0.316 e. The van der Waals surface area contributed by atoms with Crippen LogP contribution in [-0.2, 0) is 9.59 Å². The molecule has 16 heavy (non-hydrogen) atoms. The van der Waals surface area contributed by atoms with Crippen LogP contribution in [0.1, 0.15) is 32.6 Å². The number of hydrogen-bond donors (Lipinski definition) is 1. The highest BCUT2D eigenvalue weighted by Crippen LogP contribution is 2.17. The Morgan fingerprint density at radius 3 is 2.44 bits per heavy atom. The number of carbonyl (C=O) groups excluding carboxylic acids is 1. The fourth-order valence-corrected chi connectivity index (χ4v) is 2.67. The molecule has 1 saturated heterocycles. The van der Waals surface area contributed by atoms with Gasteiger partial charge < -0.3 is 10.0 Å². The van der Waals surface area contributed by atoms with Crippen LogP contribution in [0.25, 0.3) is 0 Å². The van der Waals surface area contributed by atoms with Gasteiger partial charge >= 0.3 is 5.97 Å². The highest BCUT2D eigenvalue weighted by atomic mass is 32.2. The van der Waals surface area contributed by atoms with Crippen LogP contribution in [0.3, 0.4) is 0 Å². The third-order valence-electron chi connectivity index (χ3n) is 2.76. The monoisotopic (exact) mass is 245 g/mol. The number of rotatable bonds is 5. The van der Waals surface area contributed by atoms with Gasteiger partial charge in [-0.1, -0.05) is 6.92 Å². The second kappa shape index (κ2) is 6.78. The topological polar surface area (TPSA) is 57.6 Å². The summed E-state index contributed by atoms with van der Waals surface area (Å²) < 4.78 is 0. The van der Waals surface area contributed by atoms with Crippen LogP contribution in [0.4, 0.5) is 0 Å². The molecular weight excluding hydrogens is 226 g/mol. The van der Waals surface area contributed by atoms with Crippen LogP contribution in [0.5, 0.6) is 0 Å². The lowest BCUT2D eigenvalue weighted by atomic mass is 10.1. The summed E-state index contributed by atoms with van der Waals surface area (Å²) >= 11 is 1.24. The third kappa shape index (κ3) is 4.04. The minimum absolute atomic E-state index is 0.0874. The van der Waals surface area contributed by atoms with Gasteiger partial charge in [0, 0.05) is 13.1 Å². The highest BCUT2D eigenvalue weighted by Gasteiger charge is 2.20. The van der Waals surface area contributed by atoms with Crippen molar-refractivity contribution >= 4 is 23.6 Å². The lowest BCUT2D eigenvalue weighted by molar-refractivity contribution is -0.136. The van der Waals surface area contributed by atoms with Crippen molar-refractivity contribution in [3.8, 4) is 0 Å². The minimum atomic E-state index is -0.820. The number of carboxylic acids is 1. The molecule has 5 heteroatoms. The first-order valence-electron chi connectivity index (χ1n) is 5.77. The van der Waals surface area contributed by atoms with Crippen molar-refractivity contribution in [3.63, 3.8) is 0 Å². The Labute approximate surface area is 100 Å². The molecule has 0 spiro atoms. The predicted octanol–water partition coefficient (Wildman–Crippen LogP) is 1.60. The molecule has 1 unspecified atom stereocenters. The van der Waals surface area contributed by atoms with E-state index in [0.29, 0.717) is 12.2 Å². The van der Waals surface area contributed by atoms with E-state index in [0.717, 1.165) is 25.9 Å². The van der Waals surface area contributed by atoms with Gasteiger partial charge in [0.05, 0.1) is 5.75 Å². The van der Waals surface area contributed by atoms with Gasteiger partial charge in [-0.05, 0) is 25.7 Å². The predicted molar refractivity (Wildman–Crippen MR) is 64.6 cm³/mol. The van der Waals surface area contributed by atoms with Crippen molar-refractivity contribution in [2.24, 2.45) is 0 Å². The Morgan fingerprint density at radius 1 is 1.31 bits per heavy atom. The van der Waals surface area contributed by atoms with E-state index in [1.807, 2.05) is 11.8 Å². The van der Waals surface area contributed by atoms with Crippen LogP contribution >= 0.6 is 11.8 Å². The quantitative estimate of drug-likeness (QED) is 0.799. The van der Waals surface area contributed by atoms with Crippen molar-refractivity contribution in [2.75, 3.05) is 18.8 Å². The SMILES string of the molecule is CCC(SCC(=O)N1CCCCC1)C(=O)O. The first-order chi connectivity index (χ1) is 7.65. The zero-order valence-corrected chi connectivity index (χ0v) is 10.5. The van der Waals surface area contributed by atoms with Crippen LogP contribution in [0.2, 0.25) is 0 Å². The van der Waals surface area contributed by atoms with Crippen LogP contribution in [0, 0.1) is 0 Å². The molecule has 1 aliphatic heterocycles. The highest BCUT2D eigenvalue weighted by molar-refractivity contribution is 8.01. The molecule has 0 aromatic carbocycles. The molecule has 0 aliphatic carbocycles. The fourth-order valence-electron chi connectivity index (χ4n) is 1.77. The zero-order chi connectivity index (χ0) is 12.0. The van der Waals surface area contributed by atoms with Gasteiger partial charge in [0.25, 0.3) is 0 Å². The first kappa shape index (κ1) is 13.4. The number of carboxylic acid groups (broad SMARTS) is 1. The number of amides is 1. The summed E-state index contributed by atoms with van der Waals surface area (Å²) in [5, 5.41) is 8.40. The first-order valence-corrected chi connectivity index (χ1v) is 6.82. The number of carbonyl (C=O) groups is 2. The van der Waals surface area contributed by atoms with E-state index >= 15 is 0 Å². The molecule has 1 rings (SSSR count). The van der Waals surface area contributed by atoms with Gasteiger partial charge in [-0.3, -0.25) is 9.59 Å². The molecule has 0 saturated carbocycles. The maximum atomic E-state index is 11.8. The molecule has 0 aromatic rings. The molecule has 1 amide bonds. The summed E-state index contributed by atoms with van der Waals surface area (Å²) in [4.78, 5) is 24.4. The van der Waals surface area contributed by atoms with Gasteiger partial charge in [-0.25, -0.2) is 0 Å². The molecule has 0 bridgehead atoms. The summed E-state index contributed by atoms with van der Waals surface area (Å²) in [5.74, 6) is -0.437. The summed E-state index contributed by atoms with van der Waals surface area (Å²) in [6, 6.07) is 0. The van der Waals surface area contributed by atoms with Gasteiger partial charge in [0.15, 0.2) is 0 Å². The normalized spacial score (nSPS) is 18.2. The molecule has 4 nitrogen and oxygen atoms in total. The summed E-state index contributed by atoms with van der Waals surface area (Å²) in [6.07, 6.45) is 3.91. The largest absolute Gasteiger partial charge is 0.480 e. The molecule has 1 fully saturated rings. The third-order valence-corrected chi connectivity index (χ3v) is 4.11. The Kier molecular flexibility index (Phi) is 5.66. The standard InChI is InChI=1S/C11H19NO3S/c1-2-9(11(14)15)16-8-10(13)12-6-4-3-5-7-12/h9H,2-8H2,1H3,(H,14,15). The van der Waals surface area contributed by atoms with Gasteiger partial charge in [-0.2, -0.15) is 0 Å². The summed E-state index contributed by atoms with van der Waals surface area (Å²) in [6.45, 7) is 3.50. The maximum absolute atomic E-state index is 11.8. The Balaban J connectivity index is 2.30. The average molecular weight is 245 g/mol. The molecule has 1 aliphatic rings. The molecule has 1 heterocycles. The fraction of sp³-hybridized carbons (Fsp3) is 0.818. The molecular formula is C11H19NO3S. The van der Waals surface area contributed by atoms with E-state index in [-0.39, 0.29) is 5.91 Å². The second-order valence-electron chi connectivity index (χ2n) is 3.99. The van der Waals surface area contributed by atoms with Crippen molar-refractivity contribution in [1.82, 2.24) is 4.90 Å². The van der Waals surface area contributed by atoms with E-state index in [4.69, 9.17) is 5.11 Å². The number of aliphatic carboxylic acids is 1. The van der Waals surface area contributed by atoms with Gasteiger partial charge in [0.2, 0.25) is 5.91 Å². The summed E-state index contributed by atoms with van der Waals surface area (Å²) in [7, 11) is 0. The van der Waals surface area contributed by atoms with E-state index in [9.17, 15) is 9.59 Å². The summed E-state index contributed by atoms with van der Waals surface area (Å²) in [5.41, 5.74) is 0. The average Bonchev–Trinajstić information content (AvgIpc) is 2.30. The molecule has 1 atom stereocenters. The van der Waals surface area contributed by atoms with Crippen LogP contribution < -0.4 is 0 Å².